The van der Waals surface area contributed by atoms with Crippen molar-refractivity contribution in [3.05, 3.63) is 47.8 Å². The Morgan fingerprint density at radius 2 is 1.96 bits per heavy atom. The van der Waals surface area contributed by atoms with E-state index < -0.39 is 9.84 Å². The van der Waals surface area contributed by atoms with Gasteiger partial charge in [0.1, 0.15) is 0 Å². The van der Waals surface area contributed by atoms with E-state index in [0.29, 0.717) is 26.2 Å². The molecule has 0 radical (unpaired) electrons. The van der Waals surface area contributed by atoms with E-state index in [1.807, 2.05) is 36.9 Å². The van der Waals surface area contributed by atoms with Crippen LogP contribution in [0.25, 0.3) is 0 Å². The van der Waals surface area contributed by atoms with Gasteiger partial charge >= 0.3 is 0 Å². The molecule has 0 bridgehead atoms. The Balaban J connectivity index is 1.88. The molecule has 1 aromatic carbocycles. The molecule has 1 fully saturated rings. The Morgan fingerprint density at radius 3 is 2.63 bits per heavy atom. The van der Waals surface area contributed by atoms with Crippen molar-refractivity contribution in [2.45, 2.75) is 37.8 Å². The lowest BCUT2D eigenvalue weighted by atomic mass is 10.2. The van der Waals surface area contributed by atoms with Crippen LogP contribution in [0.15, 0.2) is 41.7 Å². The smallest absolute Gasteiger partial charge is 0.234 e. The maximum Gasteiger partial charge on any atom is 0.234 e. The summed E-state index contributed by atoms with van der Waals surface area (Å²) in [4.78, 5) is 17.9. The highest BCUT2D eigenvalue weighted by molar-refractivity contribution is 7.90. The molecule has 1 aromatic heterocycles. The molecule has 0 atom stereocenters. The Morgan fingerprint density at radius 1 is 1.22 bits per heavy atom. The van der Waals surface area contributed by atoms with E-state index in [-0.39, 0.29) is 22.7 Å². The number of piperazine rings is 1. The largest absolute Gasteiger partial charge is 0.354 e. The second-order valence-corrected chi connectivity index (χ2v) is 9.23. The van der Waals surface area contributed by atoms with Crippen LogP contribution >= 0.6 is 0 Å². The van der Waals surface area contributed by atoms with Gasteiger partial charge in [0.15, 0.2) is 0 Å². The summed E-state index contributed by atoms with van der Waals surface area (Å²) < 4.78 is 27.8. The molecule has 1 aliphatic rings. The zero-order chi connectivity index (χ0) is 19.4. The van der Waals surface area contributed by atoms with Gasteiger partial charge < -0.3 is 9.88 Å². The number of carbonyl (C=O) groups excluding carboxylic acids is 1. The number of rotatable bonds is 7. The van der Waals surface area contributed by atoms with Gasteiger partial charge in [0, 0.05) is 26.2 Å². The first-order chi connectivity index (χ1) is 12.8. The maximum absolute atomic E-state index is 13.0. The normalized spacial score (nSPS) is 15.9. The summed E-state index contributed by atoms with van der Waals surface area (Å²) >= 11 is 0. The number of carbonyl (C=O) groups is 1. The SMILES string of the molecule is CC(C)Cn1c(CN2CCNC(=O)C2)cnc1S(=O)(=O)Cc1ccccc1. The zero-order valence-corrected chi connectivity index (χ0v) is 16.6. The van der Waals surface area contributed by atoms with E-state index in [2.05, 4.69) is 10.3 Å². The van der Waals surface area contributed by atoms with Crippen molar-refractivity contribution in [1.29, 1.82) is 0 Å². The molecule has 0 aliphatic carbocycles. The molecule has 1 amide bonds. The number of amides is 1. The predicted octanol–water partition coefficient (Wildman–Crippen LogP) is 1.44. The standard InChI is InChI=1S/C19H26N4O3S/c1-15(2)11-23-17(12-22-9-8-20-18(24)13-22)10-21-19(23)27(25,26)14-16-6-4-3-5-7-16/h3-7,10,15H,8-9,11-14H2,1-2H3,(H,20,24). The minimum Gasteiger partial charge on any atom is -0.354 e. The molecule has 8 heteroatoms. The molecular weight excluding hydrogens is 364 g/mol. The van der Waals surface area contributed by atoms with Gasteiger partial charge in [-0.05, 0) is 11.5 Å². The Bertz CT molecular complexity index is 891. The summed E-state index contributed by atoms with van der Waals surface area (Å²) in [6, 6.07) is 9.14. The van der Waals surface area contributed by atoms with Crippen LogP contribution in [-0.2, 0) is 33.5 Å². The minimum atomic E-state index is -3.57. The molecule has 1 N–H and O–H groups in total. The lowest BCUT2D eigenvalue weighted by Gasteiger charge is -2.27. The van der Waals surface area contributed by atoms with Crippen molar-refractivity contribution < 1.29 is 13.2 Å². The van der Waals surface area contributed by atoms with Crippen molar-refractivity contribution in [3.63, 3.8) is 0 Å². The van der Waals surface area contributed by atoms with E-state index in [4.69, 9.17) is 0 Å². The van der Waals surface area contributed by atoms with Gasteiger partial charge in [-0.1, -0.05) is 44.2 Å². The molecule has 27 heavy (non-hydrogen) atoms. The lowest BCUT2D eigenvalue weighted by Crippen LogP contribution is -2.47. The highest BCUT2D eigenvalue weighted by atomic mass is 32.2. The number of nitrogens with one attached hydrogen (secondary N) is 1. The summed E-state index contributed by atoms with van der Waals surface area (Å²) in [6.07, 6.45) is 1.63. The first-order valence-electron chi connectivity index (χ1n) is 9.15. The van der Waals surface area contributed by atoms with Gasteiger partial charge in [-0.3, -0.25) is 9.69 Å². The molecule has 3 rings (SSSR count). The van der Waals surface area contributed by atoms with E-state index >= 15 is 0 Å². The van der Waals surface area contributed by atoms with Crippen LogP contribution in [0.3, 0.4) is 0 Å². The topological polar surface area (TPSA) is 84.3 Å². The third-order valence-corrected chi connectivity index (χ3v) is 6.03. The van der Waals surface area contributed by atoms with Crippen molar-refractivity contribution >= 4 is 15.7 Å². The first kappa shape index (κ1) is 19.6. The molecule has 7 nitrogen and oxygen atoms in total. The van der Waals surface area contributed by atoms with Crippen LogP contribution in [0.1, 0.15) is 25.1 Å². The number of nitrogens with zero attached hydrogens (tertiary/aromatic N) is 3. The highest BCUT2D eigenvalue weighted by Crippen LogP contribution is 2.20. The van der Waals surface area contributed by atoms with Gasteiger partial charge in [-0.25, -0.2) is 13.4 Å². The van der Waals surface area contributed by atoms with Crippen LogP contribution in [-0.4, -0.2) is 48.4 Å². The van der Waals surface area contributed by atoms with Gasteiger partial charge in [-0.2, -0.15) is 0 Å². The van der Waals surface area contributed by atoms with E-state index in [0.717, 1.165) is 17.8 Å². The summed E-state index contributed by atoms with van der Waals surface area (Å²) in [5.41, 5.74) is 1.57. The van der Waals surface area contributed by atoms with Gasteiger partial charge in [0.05, 0.1) is 24.2 Å². The molecule has 2 heterocycles. The molecule has 0 spiro atoms. The fourth-order valence-corrected chi connectivity index (χ4v) is 4.74. The van der Waals surface area contributed by atoms with Crippen LogP contribution in [0.4, 0.5) is 0 Å². The molecule has 2 aromatic rings. The molecule has 1 aliphatic heterocycles. The summed E-state index contributed by atoms with van der Waals surface area (Å²) in [5.74, 6) is 0.190. The fourth-order valence-electron chi connectivity index (χ4n) is 3.24. The van der Waals surface area contributed by atoms with Gasteiger partial charge in [-0.15, -0.1) is 0 Å². The second kappa shape index (κ2) is 8.22. The zero-order valence-electron chi connectivity index (χ0n) is 15.8. The maximum atomic E-state index is 13.0. The lowest BCUT2D eigenvalue weighted by molar-refractivity contribution is -0.124. The molecule has 0 saturated carbocycles. The summed E-state index contributed by atoms with van der Waals surface area (Å²) in [5, 5.41) is 2.91. The average Bonchev–Trinajstić information content (AvgIpc) is 2.98. The van der Waals surface area contributed by atoms with E-state index in [1.54, 1.807) is 22.9 Å². The van der Waals surface area contributed by atoms with Crippen LogP contribution in [0, 0.1) is 5.92 Å². The molecule has 1 saturated heterocycles. The fraction of sp³-hybridized carbons (Fsp3) is 0.474. The van der Waals surface area contributed by atoms with E-state index in [9.17, 15) is 13.2 Å². The van der Waals surface area contributed by atoms with Gasteiger partial charge in [0.25, 0.3) is 0 Å². The number of benzene rings is 1. The number of sulfone groups is 1. The van der Waals surface area contributed by atoms with Crippen molar-refractivity contribution in [2.75, 3.05) is 19.6 Å². The van der Waals surface area contributed by atoms with Crippen LogP contribution < -0.4 is 5.32 Å². The van der Waals surface area contributed by atoms with Crippen molar-refractivity contribution in [3.8, 4) is 0 Å². The van der Waals surface area contributed by atoms with Crippen molar-refractivity contribution in [2.24, 2.45) is 5.92 Å². The third kappa shape index (κ3) is 4.95. The molecule has 0 unspecified atom stereocenters. The average molecular weight is 391 g/mol. The molecular formula is C19H26N4O3S. The monoisotopic (exact) mass is 390 g/mol. The quantitative estimate of drug-likeness (QED) is 0.773. The number of imidazole rings is 1. The van der Waals surface area contributed by atoms with Crippen LogP contribution in [0.5, 0.6) is 0 Å². The minimum absolute atomic E-state index is 0.00639. The number of aromatic nitrogens is 2. The Kier molecular flexibility index (Phi) is 5.96. The predicted molar refractivity (Wildman–Crippen MR) is 103 cm³/mol. The number of hydrogen-bond acceptors (Lipinski definition) is 5. The molecule has 146 valence electrons. The van der Waals surface area contributed by atoms with Gasteiger partial charge in [0.2, 0.25) is 20.9 Å². The van der Waals surface area contributed by atoms with Crippen LogP contribution in [0.2, 0.25) is 0 Å². The second-order valence-electron chi connectivity index (χ2n) is 7.34. The number of hydrogen-bond donors (Lipinski definition) is 1. The Hall–Kier alpha value is -2.19. The summed E-state index contributed by atoms with van der Waals surface area (Å²) in [7, 11) is -3.57. The van der Waals surface area contributed by atoms with E-state index in [1.165, 1.54) is 0 Å². The highest BCUT2D eigenvalue weighted by Gasteiger charge is 2.26. The summed E-state index contributed by atoms with van der Waals surface area (Å²) in [6.45, 7) is 6.84. The van der Waals surface area contributed by atoms with Crippen molar-refractivity contribution in [1.82, 2.24) is 19.8 Å². The third-order valence-electron chi connectivity index (χ3n) is 4.43. The first-order valence-corrected chi connectivity index (χ1v) is 10.8. The Labute approximate surface area is 160 Å².